The van der Waals surface area contributed by atoms with Gasteiger partial charge in [-0.05, 0) is 38.3 Å². The molecule has 108 valence electrons. The van der Waals surface area contributed by atoms with E-state index in [2.05, 4.69) is 5.32 Å². The molecule has 0 saturated carbocycles. The van der Waals surface area contributed by atoms with Crippen molar-refractivity contribution < 1.29 is 14.3 Å². The van der Waals surface area contributed by atoms with Crippen LogP contribution in [0.25, 0.3) is 0 Å². The summed E-state index contributed by atoms with van der Waals surface area (Å²) in [5.74, 6) is -0.409. The number of benzene rings is 1. The second-order valence-electron chi connectivity index (χ2n) is 5.03. The van der Waals surface area contributed by atoms with Gasteiger partial charge in [0.1, 0.15) is 5.75 Å². The number of hydrogen-bond acceptors (Lipinski definition) is 3. The Labute approximate surface area is 118 Å². The number of ether oxygens (including phenoxy) is 1. The molecule has 5 heteroatoms. The molecule has 1 aromatic rings. The van der Waals surface area contributed by atoms with E-state index in [4.69, 9.17) is 4.74 Å². The van der Waals surface area contributed by atoms with Crippen LogP contribution in [0.15, 0.2) is 24.3 Å². The monoisotopic (exact) mass is 276 g/mol. The van der Waals surface area contributed by atoms with Crippen LogP contribution in [0.1, 0.15) is 26.2 Å². The number of anilines is 1. The SMILES string of the molecule is COc1cccc(NC(=O)C(=O)N2CCCCC2C)c1. The van der Waals surface area contributed by atoms with Gasteiger partial charge < -0.3 is 15.0 Å². The smallest absolute Gasteiger partial charge is 0.313 e. The van der Waals surface area contributed by atoms with Gasteiger partial charge in [0.25, 0.3) is 0 Å². The van der Waals surface area contributed by atoms with Crippen LogP contribution in [0.2, 0.25) is 0 Å². The lowest BCUT2D eigenvalue weighted by atomic mass is 10.0. The summed E-state index contributed by atoms with van der Waals surface area (Å²) in [6.45, 7) is 2.64. The molecule has 1 aliphatic heterocycles. The topological polar surface area (TPSA) is 58.6 Å². The highest BCUT2D eigenvalue weighted by Gasteiger charge is 2.28. The molecular formula is C15H20N2O3. The number of nitrogens with zero attached hydrogens (tertiary/aromatic N) is 1. The van der Waals surface area contributed by atoms with Crippen molar-refractivity contribution >= 4 is 17.5 Å². The Hall–Kier alpha value is -2.04. The second kappa shape index (κ2) is 6.41. The molecule has 2 amide bonds. The number of nitrogens with one attached hydrogen (secondary N) is 1. The first-order valence-corrected chi connectivity index (χ1v) is 6.88. The van der Waals surface area contributed by atoms with Crippen molar-refractivity contribution in [3.8, 4) is 5.75 Å². The Morgan fingerprint density at radius 2 is 2.15 bits per heavy atom. The molecule has 1 aromatic carbocycles. The first kappa shape index (κ1) is 14.4. The molecule has 1 N–H and O–H groups in total. The molecule has 0 bridgehead atoms. The summed E-state index contributed by atoms with van der Waals surface area (Å²) in [4.78, 5) is 25.8. The fourth-order valence-corrected chi connectivity index (χ4v) is 2.42. The lowest BCUT2D eigenvalue weighted by Crippen LogP contribution is -2.47. The van der Waals surface area contributed by atoms with Gasteiger partial charge in [0.15, 0.2) is 0 Å². The summed E-state index contributed by atoms with van der Waals surface area (Å²) in [5, 5.41) is 2.62. The number of carbonyl (C=O) groups excluding carboxylic acids is 2. The molecule has 1 unspecified atom stereocenters. The van der Waals surface area contributed by atoms with Gasteiger partial charge in [-0.1, -0.05) is 6.07 Å². The number of rotatable bonds is 2. The van der Waals surface area contributed by atoms with Gasteiger partial charge in [-0.25, -0.2) is 0 Å². The highest BCUT2D eigenvalue weighted by atomic mass is 16.5. The van der Waals surface area contributed by atoms with Gasteiger partial charge in [-0.15, -0.1) is 0 Å². The number of likely N-dealkylation sites (tertiary alicyclic amines) is 1. The van der Waals surface area contributed by atoms with Crippen LogP contribution < -0.4 is 10.1 Å². The number of carbonyl (C=O) groups is 2. The number of hydrogen-bond donors (Lipinski definition) is 1. The summed E-state index contributed by atoms with van der Waals surface area (Å²) in [6, 6.07) is 7.09. The fraction of sp³-hybridized carbons (Fsp3) is 0.467. The van der Waals surface area contributed by atoms with E-state index in [1.54, 1.807) is 36.3 Å². The summed E-state index contributed by atoms with van der Waals surface area (Å²) >= 11 is 0. The minimum absolute atomic E-state index is 0.132. The van der Waals surface area contributed by atoms with E-state index >= 15 is 0 Å². The van der Waals surface area contributed by atoms with Crippen LogP contribution >= 0.6 is 0 Å². The average Bonchev–Trinajstić information content (AvgIpc) is 2.47. The largest absolute Gasteiger partial charge is 0.497 e. The van der Waals surface area contributed by atoms with Gasteiger partial charge in [0, 0.05) is 24.3 Å². The van der Waals surface area contributed by atoms with E-state index < -0.39 is 11.8 Å². The zero-order chi connectivity index (χ0) is 14.5. The molecule has 20 heavy (non-hydrogen) atoms. The van der Waals surface area contributed by atoms with Crippen molar-refractivity contribution in [1.29, 1.82) is 0 Å². The standard InChI is InChI=1S/C15H20N2O3/c1-11-6-3-4-9-17(11)15(19)14(18)16-12-7-5-8-13(10-12)20-2/h5,7-8,10-11H,3-4,6,9H2,1-2H3,(H,16,18). The van der Waals surface area contributed by atoms with Crippen molar-refractivity contribution in [3.05, 3.63) is 24.3 Å². The quantitative estimate of drug-likeness (QED) is 0.841. The number of piperidine rings is 1. The molecule has 1 fully saturated rings. The number of methoxy groups -OCH3 is 1. The molecule has 1 saturated heterocycles. The molecule has 1 aliphatic rings. The minimum atomic E-state index is -0.591. The lowest BCUT2D eigenvalue weighted by molar-refractivity contribution is -0.145. The zero-order valence-corrected chi connectivity index (χ0v) is 11.9. The van der Waals surface area contributed by atoms with E-state index in [0.717, 1.165) is 19.3 Å². The Kier molecular flexibility index (Phi) is 4.61. The highest BCUT2D eigenvalue weighted by Crippen LogP contribution is 2.19. The highest BCUT2D eigenvalue weighted by molar-refractivity contribution is 6.39. The van der Waals surface area contributed by atoms with Gasteiger partial charge >= 0.3 is 11.8 Å². The molecule has 5 nitrogen and oxygen atoms in total. The van der Waals surface area contributed by atoms with Crippen LogP contribution in [0.5, 0.6) is 5.75 Å². The first-order valence-electron chi connectivity index (χ1n) is 6.88. The van der Waals surface area contributed by atoms with Gasteiger partial charge in [-0.3, -0.25) is 9.59 Å². The van der Waals surface area contributed by atoms with Gasteiger partial charge in [0.05, 0.1) is 7.11 Å². The fourth-order valence-electron chi connectivity index (χ4n) is 2.42. The van der Waals surface area contributed by atoms with E-state index in [-0.39, 0.29) is 6.04 Å². The van der Waals surface area contributed by atoms with Crippen LogP contribution in [-0.4, -0.2) is 36.4 Å². The van der Waals surface area contributed by atoms with Crippen LogP contribution in [0, 0.1) is 0 Å². The Morgan fingerprint density at radius 3 is 2.85 bits per heavy atom. The van der Waals surface area contributed by atoms with Crippen molar-refractivity contribution in [1.82, 2.24) is 4.90 Å². The van der Waals surface area contributed by atoms with E-state index in [0.29, 0.717) is 18.0 Å². The maximum Gasteiger partial charge on any atom is 0.313 e. The summed E-state index contributed by atoms with van der Waals surface area (Å²) < 4.78 is 5.08. The van der Waals surface area contributed by atoms with E-state index in [1.807, 2.05) is 6.92 Å². The van der Waals surface area contributed by atoms with Crippen molar-refractivity contribution in [2.45, 2.75) is 32.2 Å². The third kappa shape index (κ3) is 3.29. The summed E-state index contributed by atoms with van der Waals surface area (Å²) in [7, 11) is 1.56. The summed E-state index contributed by atoms with van der Waals surface area (Å²) in [6.07, 6.45) is 3.03. The Morgan fingerprint density at radius 1 is 1.35 bits per heavy atom. The van der Waals surface area contributed by atoms with E-state index in [1.165, 1.54) is 0 Å². The maximum atomic E-state index is 12.1. The molecule has 2 rings (SSSR count). The first-order chi connectivity index (χ1) is 9.61. The Bertz CT molecular complexity index is 502. The average molecular weight is 276 g/mol. The van der Waals surface area contributed by atoms with Gasteiger partial charge in [0.2, 0.25) is 0 Å². The van der Waals surface area contributed by atoms with Gasteiger partial charge in [-0.2, -0.15) is 0 Å². The van der Waals surface area contributed by atoms with E-state index in [9.17, 15) is 9.59 Å². The maximum absolute atomic E-state index is 12.1. The molecule has 0 aromatic heterocycles. The predicted octanol–water partition coefficient (Wildman–Crippen LogP) is 2.03. The predicted molar refractivity (Wildman–Crippen MR) is 76.6 cm³/mol. The molecular weight excluding hydrogens is 256 g/mol. The van der Waals surface area contributed by atoms with Crippen molar-refractivity contribution in [2.75, 3.05) is 19.0 Å². The molecule has 1 atom stereocenters. The third-order valence-corrected chi connectivity index (χ3v) is 3.59. The zero-order valence-electron chi connectivity index (χ0n) is 11.9. The number of amides is 2. The molecule has 0 aliphatic carbocycles. The van der Waals surface area contributed by atoms with Crippen molar-refractivity contribution in [2.24, 2.45) is 0 Å². The molecule has 0 spiro atoms. The molecule has 1 heterocycles. The van der Waals surface area contributed by atoms with Crippen LogP contribution in [0.4, 0.5) is 5.69 Å². The minimum Gasteiger partial charge on any atom is -0.497 e. The second-order valence-corrected chi connectivity index (χ2v) is 5.03. The lowest BCUT2D eigenvalue weighted by Gasteiger charge is -2.32. The van der Waals surface area contributed by atoms with Crippen molar-refractivity contribution in [3.63, 3.8) is 0 Å². The Balaban J connectivity index is 2.01. The third-order valence-electron chi connectivity index (χ3n) is 3.59. The summed E-state index contributed by atoms with van der Waals surface area (Å²) in [5.41, 5.74) is 0.562. The van der Waals surface area contributed by atoms with Crippen LogP contribution in [0.3, 0.4) is 0 Å². The normalized spacial score (nSPS) is 18.5. The molecule has 0 radical (unpaired) electrons. The van der Waals surface area contributed by atoms with Crippen LogP contribution in [-0.2, 0) is 9.59 Å².